The van der Waals surface area contributed by atoms with Gasteiger partial charge in [-0.15, -0.1) is 11.3 Å². The molecular formula is C34H36N2O2S. The van der Waals surface area contributed by atoms with Gasteiger partial charge in [-0.05, 0) is 105 Å². The fourth-order valence-corrected chi connectivity index (χ4v) is 6.28. The second-order valence-electron chi connectivity index (χ2n) is 10.4. The lowest BCUT2D eigenvalue weighted by atomic mass is 9.96. The molecule has 0 saturated carbocycles. The monoisotopic (exact) mass is 536 g/mol. The molecule has 3 aromatic carbocycles. The molecule has 1 aromatic heterocycles. The predicted molar refractivity (Wildman–Crippen MR) is 163 cm³/mol. The van der Waals surface area contributed by atoms with E-state index in [0.717, 1.165) is 63.5 Å². The molecule has 4 nitrogen and oxygen atoms in total. The van der Waals surface area contributed by atoms with Crippen molar-refractivity contribution in [3.8, 4) is 5.75 Å². The smallest absolute Gasteiger partial charge is 0.259 e. The van der Waals surface area contributed by atoms with Crippen LogP contribution in [0.25, 0.3) is 0 Å². The maximum Gasteiger partial charge on any atom is 0.259 e. The highest BCUT2D eigenvalue weighted by Gasteiger charge is 2.24. The van der Waals surface area contributed by atoms with Crippen LogP contribution in [0.2, 0.25) is 0 Å². The highest BCUT2D eigenvalue weighted by molar-refractivity contribution is 7.16. The van der Waals surface area contributed by atoms with E-state index in [1.807, 2.05) is 42.6 Å². The van der Waals surface area contributed by atoms with Crippen LogP contribution in [0, 0.1) is 20.8 Å². The number of nitrogens with one attached hydrogen (secondary N) is 1. The molecule has 1 heterocycles. The Labute approximate surface area is 235 Å². The summed E-state index contributed by atoms with van der Waals surface area (Å²) in [6.07, 6.45) is 8.55. The van der Waals surface area contributed by atoms with Crippen LogP contribution >= 0.6 is 11.3 Å². The third kappa shape index (κ3) is 6.66. The van der Waals surface area contributed by atoms with Crippen LogP contribution in [0.5, 0.6) is 5.75 Å². The molecule has 0 spiro atoms. The Bertz CT molecular complexity index is 1480. The largest absolute Gasteiger partial charge is 0.489 e. The van der Waals surface area contributed by atoms with Crippen LogP contribution < -0.4 is 10.1 Å². The molecule has 0 radical (unpaired) electrons. The van der Waals surface area contributed by atoms with Crippen molar-refractivity contribution in [1.82, 2.24) is 0 Å². The van der Waals surface area contributed by atoms with Gasteiger partial charge in [0.15, 0.2) is 0 Å². The third-order valence-corrected chi connectivity index (χ3v) is 8.63. The molecule has 1 aliphatic rings. The van der Waals surface area contributed by atoms with Gasteiger partial charge in [-0.1, -0.05) is 54.8 Å². The van der Waals surface area contributed by atoms with E-state index in [1.165, 1.54) is 35.3 Å². The Hall–Kier alpha value is -3.70. The fraction of sp³-hybridized carbons (Fsp3) is 0.294. The molecule has 5 heteroatoms. The zero-order chi connectivity index (χ0) is 27.2. The average molecular weight is 537 g/mol. The number of thiophene rings is 1. The number of rotatable bonds is 7. The SMILES string of the molecule is Cc1cccc(COc2ccc(C=Nc3sc4c(c3C(=O)Nc3cccc(C)c3C)CCCCCC4)cc2)c1. The molecule has 0 aliphatic heterocycles. The molecule has 200 valence electrons. The second-order valence-corrected chi connectivity index (χ2v) is 11.5. The van der Waals surface area contributed by atoms with E-state index < -0.39 is 0 Å². The van der Waals surface area contributed by atoms with Gasteiger partial charge in [0, 0.05) is 16.8 Å². The maximum absolute atomic E-state index is 13.7. The summed E-state index contributed by atoms with van der Waals surface area (Å²) >= 11 is 1.68. The molecule has 5 rings (SSSR count). The molecule has 4 aromatic rings. The van der Waals surface area contributed by atoms with E-state index in [9.17, 15) is 4.79 Å². The summed E-state index contributed by atoms with van der Waals surface area (Å²) in [6.45, 7) is 6.74. The summed E-state index contributed by atoms with van der Waals surface area (Å²) in [6, 6.07) is 22.3. The molecule has 0 saturated heterocycles. The molecule has 0 bridgehead atoms. The van der Waals surface area contributed by atoms with Crippen LogP contribution in [0.15, 0.2) is 71.7 Å². The Morgan fingerprint density at radius 3 is 2.51 bits per heavy atom. The quantitative estimate of drug-likeness (QED) is 0.240. The molecule has 0 unspecified atom stereocenters. The average Bonchev–Trinajstić information content (AvgIpc) is 3.25. The second kappa shape index (κ2) is 12.4. The lowest BCUT2D eigenvalue weighted by Gasteiger charge is -2.13. The third-order valence-electron chi connectivity index (χ3n) is 7.43. The minimum Gasteiger partial charge on any atom is -0.489 e. The van der Waals surface area contributed by atoms with Crippen LogP contribution in [0.3, 0.4) is 0 Å². The van der Waals surface area contributed by atoms with E-state index in [2.05, 4.69) is 56.4 Å². The van der Waals surface area contributed by atoms with Crippen molar-refractivity contribution in [3.05, 3.63) is 111 Å². The van der Waals surface area contributed by atoms with Gasteiger partial charge in [0.05, 0.1) is 5.56 Å². The van der Waals surface area contributed by atoms with Crippen molar-refractivity contribution in [2.24, 2.45) is 4.99 Å². The Morgan fingerprint density at radius 2 is 1.72 bits per heavy atom. The minimum atomic E-state index is -0.0613. The normalized spacial score (nSPS) is 13.5. The maximum atomic E-state index is 13.7. The number of aryl methyl sites for hydroxylation is 3. The van der Waals surface area contributed by atoms with Crippen molar-refractivity contribution in [1.29, 1.82) is 0 Å². The van der Waals surface area contributed by atoms with Gasteiger partial charge in [0.1, 0.15) is 17.4 Å². The number of fused-ring (bicyclic) bond motifs is 1. The summed E-state index contributed by atoms with van der Waals surface area (Å²) in [7, 11) is 0. The van der Waals surface area contributed by atoms with Crippen LogP contribution in [-0.2, 0) is 19.4 Å². The van der Waals surface area contributed by atoms with Crippen molar-refractivity contribution < 1.29 is 9.53 Å². The zero-order valence-electron chi connectivity index (χ0n) is 23.0. The molecule has 1 amide bonds. The Kier molecular flexibility index (Phi) is 8.58. The van der Waals surface area contributed by atoms with E-state index in [0.29, 0.717) is 6.61 Å². The number of anilines is 1. The van der Waals surface area contributed by atoms with Gasteiger partial charge < -0.3 is 10.1 Å². The number of hydrogen-bond acceptors (Lipinski definition) is 4. The van der Waals surface area contributed by atoms with Crippen molar-refractivity contribution in [2.75, 3.05) is 5.32 Å². The molecule has 0 fully saturated rings. The summed E-state index contributed by atoms with van der Waals surface area (Å²) in [5, 5.41) is 3.99. The number of hydrogen-bond donors (Lipinski definition) is 1. The van der Waals surface area contributed by atoms with Crippen LogP contribution in [0.4, 0.5) is 10.7 Å². The van der Waals surface area contributed by atoms with E-state index >= 15 is 0 Å². The van der Waals surface area contributed by atoms with E-state index in [4.69, 9.17) is 9.73 Å². The number of carbonyl (C=O) groups is 1. The molecule has 1 aliphatic carbocycles. The number of ether oxygens (including phenoxy) is 1. The van der Waals surface area contributed by atoms with Gasteiger partial charge in [-0.25, -0.2) is 4.99 Å². The first-order valence-electron chi connectivity index (χ1n) is 13.8. The van der Waals surface area contributed by atoms with Crippen molar-refractivity contribution >= 4 is 34.1 Å². The zero-order valence-corrected chi connectivity index (χ0v) is 23.9. The van der Waals surface area contributed by atoms with Crippen molar-refractivity contribution in [3.63, 3.8) is 0 Å². The van der Waals surface area contributed by atoms with E-state index in [-0.39, 0.29) is 5.91 Å². The first-order valence-corrected chi connectivity index (χ1v) is 14.6. The van der Waals surface area contributed by atoms with Gasteiger partial charge in [0.25, 0.3) is 5.91 Å². The lowest BCUT2D eigenvalue weighted by Crippen LogP contribution is -2.15. The predicted octanol–water partition coefficient (Wildman–Crippen LogP) is 8.91. The highest BCUT2D eigenvalue weighted by atomic mass is 32.1. The first-order chi connectivity index (χ1) is 19.0. The number of benzene rings is 3. The minimum absolute atomic E-state index is 0.0613. The highest BCUT2D eigenvalue weighted by Crippen LogP contribution is 2.39. The van der Waals surface area contributed by atoms with Gasteiger partial charge in [-0.2, -0.15) is 0 Å². The van der Waals surface area contributed by atoms with Gasteiger partial charge in [0.2, 0.25) is 0 Å². The fourth-order valence-electron chi connectivity index (χ4n) is 5.05. The molecular weight excluding hydrogens is 500 g/mol. The Balaban J connectivity index is 1.37. The van der Waals surface area contributed by atoms with Crippen LogP contribution in [0.1, 0.15) is 74.3 Å². The number of aliphatic imine (C=N–C) groups is 1. The number of amides is 1. The molecule has 1 N–H and O–H groups in total. The topological polar surface area (TPSA) is 50.7 Å². The molecule has 39 heavy (non-hydrogen) atoms. The summed E-state index contributed by atoms with van der Waals surface area (Å²) in [5.41, 5.74) is 8.41. The summed E-state index contributed by atoms with van der Waals surface area (Å²) < 4.78 is 5.97. The standard InChI is InChI=1S/C34H36N2O2S/c1-23-10-8-12-27(20-23)22-38-28-18-16-26(17-19-28)21-35-34-32(29-13-6-4-5-7-15-31(29)39-34)33(37)36-30-14-9-11-24(2)25(30)3/h8-12,14,16-21H,4-7,13,15,22H2,1-3H3,(H,36,37). The van der Waals surface area contributed by atoms with Crippen molar-refractivity contribution in [2.45, 2.75) is 65.9 Å². The van der Waals surface area contributed by atoms with E-state index in [1.54, 1.807) is 11.3 Å². The number of carbonyl (C=O) groups excluding carboxylic acids is 1. The Morgan fingerprint density at radius 1 is 0.949 bits per heavy atom. The lowest BCUT2D eigenvalue weighted by molar-refractivity contribution is 0.102. The first kappa shape index (κ1) is 26.9. The van der Waals surface area contributed by atoms with Gasteiger partial charge in [-0.3, -0.25) is 4.79 Å². The number of nitrogens with zero attached hydrogens (tertiary/aromatic N) is 1. The summed E-state index contributed by atoms with van der Waals surface area (Å²) in [5.74, 6) is 0.759. The van der Waals surface area contributed by atoms with Gasteiger partial charge >= 0.3 is 0 Å². The summed E-state index contributed by atoms with van der Waals surface area (Å²) in [4.78, 5) is 19.9. The molecule has 0 atom stereocenters. The van der Waals surface area contributed by atoms with Crippen LogP contribution in [-0.4, -0.2) is 12.1 Å².